The van der Waals surface area contributed by atoms with E-state index in [2.05, 4.69) is 0 Å². The first kappa shape index (κ1) is 18.6. The number of benzene rings is 3. The largest absolute Gasteiger partial charge is 0.487 e. The monoisotopic (exact) mass is 386 g/mol. The summed E-state index contributed by atoms with van der Waals surface area (Å²) in [6, 6.07) is 18.1. The second-order valence-corrected chi connectivity index (χ2v) is 7.04. The van der Waals surface area contributed by atoms with Crippen LogP contribution in [0.5, 0.6) is 11.5 Å². The summed E-state index contributed by atoms with van der Waals surface area (Å²) < 4.78 is 49.4. The summed E-state index contributed by atoms with van der Waals surface area (Å²) in [4.78, 5) is 11.0. The van der Waals surface area contributed by atoms with Crippen molar-refractivity contribution in [3.63, 3.8) is 0 Å². The molecular weight excluding hydrogens is 371 g/mol. The van der Waals surface area contributed by atoms with Gasteiger partial charge in [-0.1, -0.05) is 42.5 Å². The van der Waals surface area contributed by atoms with Crippen LogP contribution in [0.2, 0.25) is 0 Å². The molecule has 0 bridgehead atoms. The quantitative estimate of drug-likeness (QED) is 0.454. The number of carbonyl (C=O) groups excluding carboxylic acids is 1. The van der Waals surface area contributed by atoms with Gasteiger partial charge in [0.1, 0.15) is 23.9 Å². The fraction of sp³-hybridized carbons (Fsp3) is 0.0500. The summed E-state index contributed by atoms with van der Waals surface area (Å²) in [5, 5.41) is 0. The highest BCUT2D eigenvalue weighted by molar-refractivity contribution is 7.87. The van der Waals surface area contributed by atoms with Crippen LogP contribution in [0.15, 0.2) is 77.7 Å². The number of ether oxygens (including phenoxy) is 1. The number of hydrogen-bond acceptors (Lipinski definition) is 5. The Balaban J connectivity index is 1.96. The first-order valence-corrected chi connectivity index (χ1v) is 9.35. The van der Waals surface area contributed by atoms with Crippen molar-refractivity contribution >= 4 is 16.4 Å². The summed E-state index contributed by atoms with van der Waals surface area (Å²) in [5.41, 5.74) is 0.709. The second-order valence-electron chi connectivity index (χ2n) is 5.56. The molecule has 0 fully saturated rings. The molecule has 0 atom stereocenters. The van der Waals surface area contributed by atoms with Crippen LogP contribution in [0.25, 0.3) is 0 Å². The van der Waals surface area contributed by atoms with Gasteiger partial charge in [0.05, 0.1) is 0 Å². The molecule has 0 N–H and O–H groups in total. The summed E-state index contributed by atoms with van der Waals surface area (Å²) in [6.45, 7) is 0.103. The van der Waals surface area contributed by atoms with E-state index in [1.54, 1.807) is 0 Å². The lowest BCUT2D eigenvalue weighted by Crippen LogP contribution is -2.14. The van der Waals surface area contributed by atoms with Gasteiger partial charge in [0.15, 0.2) is 11.2 Å². The predicted octanol–water partition coefficient (Wildman–Crippen LogP) is 3.98. The highest BCUT2D eigenvalue weighted by atomic mass is 32.2. The van der Waals surface area contributed by atoms with Crippen LogP contribution in [-0.2, 0) is 16.7 Å². The number of carbonyl (C=O) groups is 1. The molecule has 0 radical (unpaired) electrons. The van der Waals surface area contributed by atoms with Crippen LogP contribution in [0, 0.1) is 5.82 Å². The van der Waals surface area contributed by atoms with Crippen LogP contribution in [0.1, 0.15) is 15.9 Å². The van der Waals surface area contributed by atoms with E-state index in [0.29, 0.717) is 6.29 Å². The van der Waals surface area contributed by atoms with Crippen LogP contribution in [-0.4, -0.2) is 14.7 Å². The fourth-order valence-corrected chi connectivity index (χ4v) is 3.65. The maximum atomic E-state index is 13.3. The third kappa shape index (κ3) is 4.51. The van der Waals surface area contributed by atoms with Gasteiger partial charge in [0.25, 0.3) is 0 Å². The number of aldehydes is 1. The van der Waals surface area contributed by atoms with E-state index in [1.807, 2.05) is 30.3 Å². The van der Waals surface area contributed by atoms with E-state index in [-0.39, 0.29) is 23.7 Å². The maximum Gasteiger partial charge on any atom is 0.343 e. The molecule has 0 aromatic heterocycles. The van der Waals surface area contributed by atoms with Crippen LogP contribution >= 0.6 is 0 Å². The smallest absolute Gasteiger partial charge is 0.343 e. The minimum absolute atomic E-state index is 0.0279. The van der Waals surface area contributed by atoms with Crippen molar-refractivity contribution in [1.29, 1.82) is 0 Å². The van der Waals surface area contributed by atoms with Crippen molar-refractivity contribution in [3.8, 4) is 11.5 Å². The summed E-state index contributed by atoms with van der Waals surface area (Å²) in [6.07, 6.45) is 0.400. The zero-order valence-corrected chi connectivity index (χ0v) is 14.9. The number of hydrogen-bond donors (Lipinski definition) is 0. The summed E-state index contributed by atoms with van der Waals surface area (Å²) >= 11 is 0. The number of halogens is 1. The molecule has 0 saturated carbocycles. The molecule has 0 aliphatic rings. The molecule has 0 spiro atoms. The Kier molecular flexibility index (Phi) is 5.52. The van der Waals surface area contributed by atoms with Gasteiger partial charge in [-0.05, 0) is 29.8 Å². The molecular formula is C20H15FO5S. The Morgan fingerprint density at radius 3 is 2.37 bits per heavy atom. The van der Waals surface area contributed by atoms with Crippen molar-refractivity contribution < 1.29 is 26.5 Å². The third-order valence-electron chi connectivity index (χ3n) is 3.63. The number of rotatable bonds is 7. The minimum atomic E-state index is -4.43. The van der Waals surface area contributed by atoms with E-state index >= 15 is 0 Å². The van der Waals surface area contributed by atoms with Crippen molar-refractivity contribution in [3.05, 3.63) is 89.7 Å². The van der Waals surface area contributed by atoms with E-state index in [1.165, 1.54) is 30.3 Å². The Labute approximate surface area is 156 Å². The zero-order valence-electron chi connectivity index (χ0n) is 14.0. The van der Waals surface area contributed by atoms with Gasteiger partial charge in [-0.25, -0.2) is 4.39 Å². The van der Waals surface area contributed by atoms with Crippen molar-refractivity contribution in [2.45, 2.75) is 11.5 Å². The average molecular weight is 386 g/mol. The van der Waals surface area contributed by atoms with Gasteiger partial charge in [-0.15, -0.1) is 0 Å². The van der Waals surface area contributed by atoms with Gasteiger partial charge in [-0.2, -0.15) is 8.42 Å². The molecule has 0 amide bonds. The van der Waals surface area contributed by atoms with Crippen molar-refractivity contribution in [1.82, 2.24) is 0 Å². The first-order chi connectivity index (χ1) is 13.0. The molecule has 3 aromatic rings. The molecule has 27 heavy (non-hydrogen) atoms. The van der Waals surface area contributed by atoms with Crippen molar-refractivity contribution in [2.75, 3.05) is 0 Å². The van der Waals surface area contributed by atoms with Gasteiger partial charge in [-0.3, -0.25) is 4.79 Å². The van der Waals surface area contributed by atoms with Crippen LogP contribution in [0.3, 0.4) is 0 Å². The van der Waals surface area contributed by atoms with Crippen LogP contribution in [0.4, 0.5) is 4.39 Å². The molecule has 0 aliphatic heterocycles. The normalized spacial score (nSPS) is 11.0. The van der Waals surface area contributed by atoms with E-state index < -0.39 is 20.8 Å². The second kappa shape index (κ2) is 8.01. The SMILES string of the molecule is O=Cc1cccc(OCc2ccccc2)c1S(=O)(=O)Oc1cccc(F)c1. The maximum absolute atomic E-state index is 13.3. The Morgan fingerprint density at radius 1 is 0.926 bits per heavy atom. The average Bonchev–Trinajstić information content (AvgIpc) is 2.66. The highest BCUT2D eigenvalue weighted by Gasteiger charge is 2.26. The lowest BCUT2D eigenvalue weighted by Gasteiger charge is -2.14. The predicted molar refractivity (Wildman–Crippen MR) is 96.8 cm³/mol. The van der Waals surface area contributed by atoms with Gasteiger partial charge in [0, 0.05) is 11.6 Å². The molecule has 0 heterocycles. The lowest BCUT2D eigenvalue weighted by molar-refractivity contribution is 0.111. The lowest BCUT2D eigenvalue weighted by atomic mass is 10.2. The Hall–Kier alpha value is -3.19. The zero-order chi connectivity index (χ0) is 19.3. The van der Waals surface area contributed by atoms with E-state index in [9.17, 15) is 17.6 Å². The Morgan fingerprint density at radius 2 is 1.67 bits per heavy atom. The molecule has 0 saturated heterocycles. The molecule has 0 aliphatic carbocycles. The van der Waals surface area contributed by atoms with Crippen LogP contribution < -0.4 is 8.92 Å². The summed E-state index contributed by atoms with van der Waals surface area (Å²) in [7, 11) is -4.43. The third-order valence-corrected chi connectivity index (χ3v) is 4.97. The molecule has 0 unspecified atom stereocenters. The first-order valence-electron chi connectivity index (χ1n) is 7.94. The Bertz CT molecular complexity index is 1050. The minimum Gasteiger partial charge on any atom is -0.487 e. The topological polar surface area (TPSA) is 69.7 Å². The van der Waals surface area contributed by atoms with E-state index in [4.69, 9.17) is 8.92 Å². The molecule has 5 nitrogen and oxygen atoms in total. The summed E-state index contributed by atoms with van der Waals surface area (Å²) in [5.74, 6) is -0.878. The van der Waals surface area contributed by atoms with Gasteiger partial charge in [0.2, 0.25) is 0 Å². The van der Waals surface area contributed by atoms with Gasteiger partial charge < -0.3 is 8.92 Å². The molecule has 3 rings (SSSR count). The molecule has 7 heteroatoms. The molecule has 138 valence electrons. The van der Waals surface area contributed by atoms with E-state index in [0.717, 1.165) is 17.7 Å². The van der Waals surface area contributed by atoms with Crippen molar-refractivity contribution in [2.24, 2.45) is 0 Å². The standard InChI is InChI=1S/C20H15FO5S/c21-17-9-5-10-18(12-17)26-27(23,24)20-16(13-22)8-4-11-19(20)25-14-15-6-2-1-3-7-15/h1-13H,14H2. The molecule has 3 aromatic carbocycles. The van der Waals surface area contributed by atoms with Gasteiger partial charge >= 0.3 is 10.1 Å². The highest BCUT2D eigenvalue weighted by Crippen LogP contribution is 2.30. The fourth-order valence-electron chi connectivity index (χ4n) is 2.43.